The van der Waals surface area contributed by atoms with Crippen molar-refractivity contribution in [1.82, 2.24) is 0 Å². The summed E-state index contributed by atoms with van der Waals surface area (Å²) in [5.41, 5.74) is 0. The van der Waals surface area contributed by atoms with Crippen molar-refractivity contribution in [3.63, 3.8) is 0 Å². The molecule has 10 heavy (non-hydrogen) atoms. The van der Waals surface area contributed by atoms with E-state index in [4.69, 9.17) is 22.1 Å². The second-order valence-corrected chi connectivity index (χ2v) is 2.40. The van der Waals surface area contributed by atoms with Crippen molar-refractivity contribution in [3.05, 3.63) is 0 Å². The van der Waals surface area contributed by atoms with Crippen LogP contribution in [0, 0.1) is 0 Å². The third-order valence-electron chi connectivity index (χ3n) is 0.948. The normalized spacial score (nSPS) is 10.2. The first-order valence-electron chi connectivity index (χ1n) is 3.65. The van der Waals surface area contributed by atoms with Crippen LogP contribution in [-0.4, -0.2) is 25.8 Å². The Morgan fingerprint density at radius 2 is 1.90 bits per heavy atom. The summed E-state index contributed by atoms with van der Waals surface area (Å²) in [5, 5.41) is 0. The highest BCUT2D eigenvalue weighted by molar-refractivity contribution is 7.80. The summed E-state index contributed by atoms with van der Waals surface area (Å²) in [6.07, 6.45) is 2.00. The van der Waals surface area contributed by atoms with E-state index >= 15 is 0 Å². The zero-order valence-corrected chi connectivity index (χ0v) is 7.28. The molecule has 0 heterocycles. The van der Waals surface area contributed by atoms with Crippen LogP contribution in [0.25, 0.3) is 0 Å². The molecule has 0 N–H and O–H groups in total. The fourth-order valence-electron chi connectivity index (χ4n) is 0.482. The van der Waals surface area contributed by atoms with E-state index in [0.717, 1.165) is 31.8 Å². The minimum Gasteiger partial charge on any atom is -0.355 e. The van der Waals surface area contributed by atoms with Gasteiger partial charge in [-0.25, -0.2) is 0 Å². The number of rotatable bonds is 7. The molecule has 0 spiro atoms. The Labute approximate surface area is 68.3 Å². The Morgan fingerprint density at radius 1 is 1.20 bits per heavy atom. The van der Waals surface area contributed by atoms with Gasteiger partial charge in [0.2, 0.25) is 0 Å². The molecule has 0 aliphatic heterocycles. The van der Waals surface area contributed by atoms with Crippen molar-refractivity contribution < 1.29 is 9.47 Å². The number of hydrogen-bond acceptors (Lipinski definition) is 2. The second kappa shape index (κ2) is 9.27. The van der Waals surface area contributed by atoms with Crippen LogP contribution in [0.5, 0.6) is 0 Å². The van der Waals surface area contributed by atoms with E-state index in [1.165, 1.54) is 0 Å². The number of ether oxygens (including phenoxy) is 2. The molecule has 3 heteroatoms. The van der Waals surface area contributed by atoms with Crippen LogP contribution in [0.3, 0.4) is 0 Å². The Hall–Kier alpha value is 0.270. The third kappa shape index (κ3) is 8.27. The summed E-state index contributed by atoms with van der Waals surface area (Å²) in [7, 11) is 0. The highest BCUT2D eigenvalue weighted by Crippen LogP contribution is 1.86. The average molecular weight is 163 g/mol. The van der Waals surface area contributed by atoms with Crippen LogP contribution in [0.15, 0.2) is 0 Å². The molecular weight excluding hydrogens is 148 g/mol. The van der Waals surface area contributed by atoms with E-state index in [1.807, 2.05) is 0 Å². The minimum absolute atomic E-state index is 0.420. The zero-order valence-electron chi connectivity index (χ0n) is 6.47. The Bertz CT molecular complexity index is 51.6. The van der Waals surface area contributed by atoms with Gasteiger partial charge in [-0.3, -0.25) is 0 Å². The van der Waals surface area contributed by atoms with Gasteiger partial charge in [0, 0.05) is 12.4 Å². The first-order chi connectivity index (χ1) is 4.91. The lowest BCUT2D eigenvalue weighted by Crippen LogP contribution is -2.02. The van der Waals surface area contributed by atoms with Gasteiger partial charge < -0.3 is 9.47 Å². The van der Waals surface area contributed by atoms with Gasteiger partial charge in [-0.15, -0.1) is 0 Å². The standard InChI is InChI=1S/C7H15O2S/c1-2-4-8-7-9-5-3-6-10/h2-7H2,1H3. The molecule has 0 aliphatic rings. The van der Waals surface area contributed by atoms with Crippen molar-refractivity contribution in [2.75, 3.05) is 25.8 Å². The highest BCUT2D eigenvalue weighted by atomic mass is 32.1. The van der Waals surface area contributed by atoms with Crippen molar-refractivity contribution in [3.8, 4) is 0 Å². The minimum atomic E-state index is 0.420. The van der Waals surface area contributed by atoms with E-state index in [1.54, 1.807) is 0 Å². The van der Waals surface area contributed by atoms with Crippen LogP contribution in [0.1, 0.15) is 19.8 Å². The molecule has 2 nitrogen and oxygen atoms in total. The molecule has 0 saturated heterocycles. The smallest absolute Gasteiger partial charge is 0.146 e. The van der Waals surface area contributed by atoms with Crippen molar-refractivity contribution in [1.29, 1.82) is 0 Å². The fraction of sp³-hybridized carbons (Fsp3) is 1.00. The molecule has 0 atom stereocenters. The van der Waals surface area contributed by atoms with E-state index < -0.39 is 0 Å². The molecule has 0 aromatic rings. The molecule has 1 radical (unpaired) electrons. The van der Waals surface area contributed by atoms with Crippen molar-refractivity contribution in [2.24, 2.45) is 0 Å². The van der Waals surface area contributed by atoms with Gasteiger partial charge in [-0.2, -0.15) is 0 Å². The molecule has 0 unspecified atom stereocenters. The topological polar surface area (TPSA) is 18.5 Å². The summed E-state index contributed by atoms with van der Waals surface area (Å²) >= 11 is 4.73. The number of hydrogen-bond donors (Lipinski definition) is 0. The SMILES string of the molecule is CCCOCOCCC[S]. The molecule has 0 fully saturated rings. The Morgan fingerprint density at radius 3 is 2.50 bits per heavy atom. The van der Waals surface area contributed by atoms with E-state index in [-0.39, 0.29) is 0 Å². The Kier molecular flexibility index (Phi) is 9.52. The van der Waals surface area contributed by atoms with Crippen molar-refractivity contribution in [2.45, 2.75) is 19.8 Å². The van der Waals surface area contributed by atoms with Gasteiger partial charge >= 0.3 is 0 Å². The molecule has 0 saturated carbocycles. The molecule has 0 rings (SSSR count). The monoisotopic (exact) mass is 163 g/mol. The largest absolute Gasteiger partial charge is 0.355 e. The predicted octanol–water partition coefficient (Wildman–Crippen LogP) is 1.97. The van der Waals surface area contributed by atoms with Crippen LogP contribution in [0.2, 0.25) is 0 Å². The first-order valence-corrected chi connectivity index (χ1v) is 4.23. The quantitative estimate of drug-likeness (QED) is 0.422. The van der Waals surface area contributed by atoms with Gasteiger partial charge in [-0.1, -0.05) is 19.6 Å². The van der Waals surface area contributed by atoms with Crippen LogP contribution < -0.4 is 0 Å². The van der Waals surface area contributed by atoms with Gasteiger partial charge in [0.15, 0.2) is 0 Å². The zero-order chi connectivity index (χ0) is 7.66. The molecule has 0 amide bonds. The van der Waals surface area contributed by atoms with Gasteiger partial charge in [-0.05, 0) is 12.8 Å². The van der Waals surface area contributed by atoms with Gasteiger partial charge in [0.1, 0.15) is 6.79 Å². The molecule has 0 aromatic carbocycles. The maximum atomic E-state index is 5.09. The van der Waals surface area contributed by atoms with Crippen molar-refractivity contribution >= 4 is 12.6 Å². The van der Waals surface area contributed by atoms with E-state index in [2.05, 4.69) is 6.92 Å². The lowest BCUT2D eigenvalue weighted by atomic mass is 10.5. The molecule has 61 valence electrons. The first kappa shape index (κ1) is 10.3. The maximum Gasteiger partial charge on any atom is 0.146 e. The van der Waals surface area contributed by atoms with Crippen LogP contribution >= 0.6 is 12.6 Å². The van der Waals surface area contributed by atoms with Crippen LogP contribution in [0.4, 0.5) is 0 Å². The summed E-state index contributed by atoms with van der Waals surface area (Å²) in [5.74, 6) is 0.772. The third-order valence-corrected chi connectivity index (χ3v) is 1.24. The molecule has 0 aromatic heterocycles. The van der Waals surface area contributed by atoms with Gasteiger partial charge in [0.25, 0.3) is 0 Å². The van der Waals surface area contributed by atoms with E-state index in [9.17, 15) is 0 Å². The summed E-state index contributed by atoms with van der Waals surface area (Å²) in [6.45, 7) is 4.01. The average Bonchev–Trinajstić information content (AvgIpc) is 1.97. The summed E-state index contributed by atoms with van der Waals surface area (Å²) in [6, 6.07) is 0. The summed E-state index contributed by atoms with van der Waals surface area (Å²) < 4.78 is 10.2. The van der Waals surface area contributed by atoms with Gasteiger partial charge in [0.05, 0.1) is 6.61 Å². The molecule has 0 bridgehead atoms. The fourth-order valence-corrected chi connectivity index (χ4v) is 0.600. The Balaban J connectivity index is 2.65. The molecule has 0 aliphatic carbocycles. The lowest BCUT2D eigenvalue weighted by molar-refractivity contribution is -0.0529. The molecular formula is C7H15O2S. The second-order valence-electron chi connectivity index (χ2n) is 1.99. The summed E-state index contributed by atoms with van der Waals surface area (Å²) in [4.78, 5) is 0. The predicted molar refractivity (Wildman–Crippen MR) is 44.1 cm³/mol. The highest BCUT2D eigenvalue weighted by Gasteiger charge is 1.86. The lowest BCUT2D eigenvalue weighted by Gasteiger charge is -2.02. The van der Waals surface area contributed by atoms with Crippen LogP contribution in [-0.2, 0) is 9.47 Å². The van der Waals surface area contributed by atoms with E-state index in [0.29, 0.717) is 6.79 Å². The maximum absolute atomic E-state index is 5.09.